The monoisotopic (exact) mass is 380 g/mol. The van der Waals surface area contributed by atoms with E-state index in [9.17, 15) is 9.36 Å². The molecular formula is C18H37O6P. The Morgan fingerprint density at radius 1 is 0.760 bits per heavy atom. The van der Waals surface area contributed by atoms with Crippen LogP contribution in [0, 0.1) is 0 Å². The van der Waals surface area contributed by atoms with E-state index in [1.807, 2.05) is 0 Å². The van der Waals surface area contributed by atoms with E-state index in [2.05, 4.69) is 11.4 Å². The first kappa shape index (κ1) is 24.6. The Morgan fingerprint density at radius 3 is 1.80 bits per heavy atom. The molecule has 150 valence electrons. The largest absolute Gasteiger partial charge is 0.469 e. The number of phosphoric ester groups is 1. The van der Waals surface area contributed by atoms with Crippen molar-refractivity contribution in [2.45, 2.75) is 96.8 Å². The standard InChI is InChI=1S/C18H37O6P/c1-2-3-4-5-6-7-8-9-10-13-16-23-18(19)15-12-11-14-17-24-25(20,21)22/h2-17H2,1H3,(H2,20,21,22). The molecule has 7 heteroatoms. The Labute approximate surface area is 152 Å². The summed E-state index contributed by atoms with van der Waals surface area (Å²) >= 11 is 0. The molecule has 0 aliphatic rings. The molecule has 0 heterocycles. The minimum atomic E-state index is -4.36. The lowest BCUT2D eigenvalue weighted by Crippen LogP contribution is -2.05. The summed E-state index contributed by atoms with van der Waals surface area (Å²) in [5.41, 5.74) is 0. The van der Waals surface area contributed by atoms with Gasteiger partial charge in [0.2, 0.25) is 0 Å². The molecule has 0 saturated carbocycles. The van der Waals surface area contributed by atoms with Gasteiger partial charge in [-0.3, -0.25) is 9.32 Å². The van der Waals surface area contributed by atoms with Crippen molar-refractivity contribution in [2.75, 3.05) is 13.2 Å². The molecule has 2 N–H and O–H groups in total. The van der Waals surface area contributed by atoms with E-state index in [4.69, 9.17) is 14.5 Å². The number of hydrogen-bond donors (Lipinski definition) is 2. The molecule has 0 aromatic carbocycles. The minimum Gasteiger partial charge on any atom is -0.466 e. The second-order valence-corrected chi connectivity index (χ2v) is 7.78. The fourth-order valence-corrected chi connectivity index (χ4v) is 2.95. The van der Waals surface area contributed by atoms with Crippen LogP contribution in [0.1, 0.15) is 96.8 Å². The highest BCUT2D eigenvalue weighted by molar-refractivity contribution is 7.46. The van der Waals surface area contributed by atoms with Gasteiger partial charge in [0.1, 0.15) is 0 Å². The molecule has 0 spiro atoms. The van der Waals surface area contributed by atoms with Crippen LogP contribution >= 0.6 is 7.82 Å². The minimum absolute atomic E-state index is 0.0118. The lowest BCUT2D eigenvalue weighted by atomic mass is 10.1. The van der Waals surface area contributed by atoms with Gasteiger partial charge in [0.25, 0.3) is 0 Å². The van der Waals surface area contributed by atoms with Crippen molar-refractivity contribution in [2.24, 2.45) is 0 Å². The zero-order valence-corrected chi connectivity index (χ0v) is 16.7. The van der Waals surface area contributed by atoms with Crippen molar-refractivity contribution >= 4 is 13.8 Å². The number of ether oxygens (including phenoxy) is 1. The summed E-state index contributed by atoms with van der Waals surface area (Å²) in [4.78, 5) is 28.5. The predicted molar refractivity (Wildman–Crippen MR) is 99.3 cm³/mol. The zero-order valence-electron chi connectivity index (χ0n) is 15.8. The van der Waals surface area contributed by atoms with Gasteiger partial charge in [-0.15, -0.1) is 0 Å². The molecule has 0 atom stereocenters. The van der Waals surface area contributed by atoms with E-state index in [1.165, 1.54) is 51.4 Å². The topological polar surface area (TPSA) is 93.1 Å². The molecule has 0 aliphatic heterocycles. The summed E-state index contributed by atoms with van der Waals surface area (Å²) in [5, 5.41) is 0. The van der Waals surface area contributed by atoms with Crippen LogP contribution < -0.4 is 0 Å². The van der Waals surface area contributed by atoms with Crippen molar-refractivity contribution in [1.82, 2.24) is 0 Å². The van der Waals surface area contributed by atoms with Crippen LogP contribution in [-0.2, 0) is 18.6 Å². The predicted octanol–water partition coefficient (Wildman–Crippen LogP) is 5.12. The molecule has 6 nitrogen and oxygen atoms in total. The molecule has 0 radical (unpaired) electrons. The highest BCUT2D eigenvalue weighted by Crippen LogP contribution is 2.35. The Kier molecular flexibility index (Phi) is 16.7. The first-order valence-electron chi connectivity index (χ1n) is 9.81. The van der Waals surface area contributed by atoms with Crippen molar-refractivity contribution < 1.29 is 28.4 Å². The van der Waals surface area contributed by atoms with Gasteiger partial charge in [0.15, 0.2) is 0 Å². The molecule has 0 rings (SSSR count). The third-order valence-corrected chi connectivity index (χ3v) is 4.56. The number of hydrogen-bond acceptors (Lipinski definition) is 4. The number of carbonyl (C=O) groups excluding carboxylic acids is 1. The quantitative estimate of drug-likeness (QED) is 0.195. The molecule has 0 saturated heterocycles. The molecule has 0 aliphatic carbocycles. The van der Waals surface area contributed by atoms with Gasteiger partial charge >= 0.3 is 13.8 Å². The van der Waals surface area contributed by atoms with Crippen LogP contribution in [0.4, 0.5) is 0 Å². The second-order valence-electron chi connectivity index (χ2n) is 6.54. The number of phosphoric acid groups is 1. The normalized spacial score (nSPS) is 11.6. The van der Waals surface area contributed by atoms with E-state index in [-0.39, 0.29) is 12.6 Å². The van der Waals surface area contributed by atoms with Gasteiger partial charge in [-0.1, -0.05) is 71.1 Å². The van der Waals surface area contributed by atoms with Crippen LogP contribution in [0.5, 0.6) is 0 Å². The van der Waals surface area contributed by atoms with Gasteiger partial charge in [0.05, 0.1) is 13.2 Å². The highest BCUT2D eigenvalue weighted by atomic mass is 31.2. The summed E-state index contributed by atoms with van der Waals surface area (Å²) in [7, 11) is -4.36. The van der Waals surface area contributed by atoms with Crippen LogP contribution in [0.25, 0.3) is 0 Å². The summed E-state index contributed by atoms with van der Waals surface area (Å²) in [6.07, 6.45) is 14.8. The van der Waals surface area contributed by atoms with Crippen molar-refractivity contribution in [3.05, 3.63) is 0 Å². The Morgan fingerprint density at radius 2 is 1.24 bits per heavy atom. The van der Waals surface area contributed by atoms with E-state index in [0.29, 0.717) is 32.3 Å². The number of carbonyl (C=O) groups is 1. The first-order valence-corrected chi connectivity index (χ1v) is 11.3. The van der Waals surface area contributed by atoms with Crippen molar-refractivity contribution in [3.8, 4) is 0 Å². The molecule has 25 heavy (non-hydrogen) atoms. The van der Waals surface area contributed by atoms with E-state index in [0.717, 1.165) is 12.8 Å². The third-order valence-electron chi connectivity index (χ3n) is 4.05. The smallest absolute Gasteiger partial charge is 0.466 e. The maximum absolute atomic E-state index is 11.5. The van der Waals surface area contributed by atoms with Gasteiger partial charge in [0, 0.05) is 6.42 Å². The fraction of sp³-hybridized carbons (Fsp3) is 0.944. The van der Waals surface area contributed by atoms with Crippen LogP contribution in [0.3, 0.4) is 0 Å². The number of esters is 1. The van der Waals surface area contributed by atoms with Crippen LogP contribution in [0.15, 0.2) is 0 Å². The average Bonchev–Trinajstić information content (AvgIpc) is 2.55. The van der Waals surface area contributed by atoms with E-state index in [1.54, 1.807) is 0 Å². The van der Waals surface area contributed by atoms with Crippen LogP contribution in [0.2, 0.25) is 0 Å². The molecule has 0 amide bonds. The van der Waals surface area contributed by atoms with E-state index < -0.39 is 7.82 Å². The summed E-state index contributed by atoms with van der Waals surface area (Å²) in [6.45, 7) is 2.74. The maximum atomic E-state index is 11.5. The number of rotatable bonds is 18. The molecule has 0 fully saturated rings. The van der Waals surface area contributed by atoms with Crippen molar-refractivity contribution in [1.29, 1.82) is 0 Å². The zero-order chi connectivity index (χ0) is 18.8. The van der Waals surface area contributed by atoms with Gasteiger partial charge < -0.3 is 14.5 Å². The third kappa shape index (κ3) is 21.5. The van der Waals surface area contributed by atoms with Crippen molar-refractivity contribution in [3.63, 3.8) is 0 Å². The van der Waals surface area contributed by atoms with Gasteiger partial charge in [-0.05, 0) is 19.3 Å². The molecule has 0 aromatic rings. The average molecular weight is 380 g/mol. The maximum Gasteiger partial charge on any atom is 0.469 e. The molecule has 0 unspecified atom stereocenters. The lowest BCUT2D eigenvalue weighted by molar-refractivity contribution is -0.143. The van der Waals surface area contributed by atoms with Gasteiger partial charge in [-0.2, -0.15) is 0 Å². The first-order chi connectivity index (χ1) is 12.0. The van der Waals surface area contributed by atoms with Gasteiger partial charge in [-0.25, -0.2) is 4.57 Å². The van der Waals surface area contributed by atoms with E-state index >= 15 is 0 Å². The Hall–Kier alpha value is -0.420. The molecular weight excluding hydrogens is 343 g/mol. The van der Waals surface area contributed by atoms with Crippen LogP contribution in [-0.4, -0.2) is 29.0 Å². The Balaban J connectivity index is 3.22. The highest BCUT2D eigenvalue weighted by Gasteiger charge is 2.12. The molecule has 0 aromatic heterocycles. The second kappa shape index (κ2) is 17.0. The summed E-state index contributed by atoms with van der Waals surface area (Å²) in [5.74, 6) is -0.188. The summed E-state index contributed by atoms with van der Waals surface area (Å²) in [6, 6.07) is 0. The molecule has 0 bridgehead atoms. The Bertz CT molecular complexity index is 355. The summed E-state index contributed by atoms with van der Waals surface area (Å²) < 4.78 is 20.0. The fourth-order valence-electron chi connectivity index (χ4n) is 2.58. The number of unbranched alkanes of at least 4 members (excludes halogenated alkanes) is 11. The lowest BCUT2D eigenvalue weighted by Gasteiger charge is -2.06. The SMILES string of the molecule is CCCCCCCCCCCCOC(=O)CCCCCOP(=O)(O)O.